The molecule has 0 spiro atoms. The molecule has 2 aliphatic heterocycles. The zero-order chi connectivity index (χ0) is 22.2. The molecule has 1 aromatic carbocycles. The maximum Gasteiger partial charge on any atom is 0.258 e. The molecular weight excluding hydrogens is 413 g/mol. The van der Waals surface area contributed by atoms with Crippen molar-refractivity contribution < 1.29 is 14.0 Å². The first-order chi connectivity index (χ1) is 15.5. The number of carbonyl (C=O) groups excluding carboxylic acids is 2. The predicted molar refractivity (Wildman–Crippen MR) is 114 cm³/mol. The summed E-state index contributed by atoms with van der Waals surface area (Å²) in [4.78, 5) is 47.8. The zero-order valence-corrected chi connectivity index (χ0v) is 17.1. The Balaban J connectivity index is 1.45. The highest BCUT2D eigenvalue weighted by molar-refractivity contribution is 6.04. The maximum atomic E-state index is 13.3. The summed E-state index contributed by atoms with van der Waals surface area (Å²) in [7, 11) is 0. The van der Waals surface area contributed by atoms with E-state index in [1.807, 2.05) is 0 Å². The summed E-state index contributed by atoms with van der Waals surface area (Å²) in [5.41, 5.74) is 1.86. The van der Waals surface area contributed by atoms with Crippen molar-refractivity contribution in [1.82, 2.24) is 19.4 Å². The van der Waals surface area contributed by atoms with Crippen LogP contribution in [0.4, 0.5) is 10.1 Å². The van der Waals surface area contributed by atoms with Crippen molar-refractivity contribution in [3.63, 3.8) is 0 Å². The number of rotatable bonds is 3. The Morgan fingerprint density at radius 1 is 0.969 bits per heavy atom. The Morgan fingerprint density at radius 3 is 2.47 bits per heavy atom. The predicted octanol–water partition coefficient (Wildman–Crippen LogP) is 2.29. The van der Waals surface area contributed by atoms with Gasteiger partial charge in [-0.2, -0.15) is 0 Å². The summed E-state index contributed by atoms with van der Waals surface area (Å²) in [5.74, 6) is -0.919. The van der Waals surface area contributed by atoms with Gasteiger partial charge in [-0.05, 0) is 42.7 Å². The molecule has 1 saturated heterocycles. The fraction of sp³-hybridized carbons (Fsp3) is 0.261. The van der Waals surface area contributed by atoms with Crippen molar-refractivity contribution in [1.29, 1.82) is 0 Å². The minimum Gasteiger partial charge on any atom is -0.338 e. The number of pyridine rings is 1. The third-order valence-electron chi connectivity index (χ3n) is 6.04. The molecule has 2 aliphatic rings. The molecule has 2 bridgehead atoms. The molecule has 2 amide bonds. The van der Waals surface area contributed by atoms with E-state index < -0.39 is 5.82 Å². The average Bonchev–Trinajstić information content (AvgIpc) is 2.81. The van der Waals surface area contributed by atoms with Crippen molar-refractivity contribution in [3.8, 4) is 0 Å². The number of aromatic nitrogens is 3. The molecule has 0 aliphatic carbocycles. The van der Waals surface area contributed by atoms with E-state index in [-0.39, 0.29) is 29.2 Å². The van der Waals surface area contributed by atoms with Crippen LogP contribution in [0.15, 0.2) is 59.9 Å². The van der Waals surface area contributed by atoms with Crippen LogP contribution >= 0.6 is 0 Å². The molecule has 1 N–H and O–H groups in total. The van der Waals surface area contributed by atoms with Gasteiger partial charge < -0.3 is 14.8 Å². The van der Waals surface area contributed by atoms with Crippen molar-refractivity contribution >= 4 is 17.5 Å². The summed E-state index contributed by atoms with van der Waals surface area (Å²) < 4.78 is 15.0. The number of hydrogen-bond acceptors (Lipinski definition) is 5. The van der Waals surface area contributed by atoms with Crippen LogP contribution in [0.5, 0.6) is 0 Å². The van der Waals surface area contributed by atoms with Gasteiger partial charge in [0, 0.05) is 55.3 Å². The van der Waals surface area contributed by atoms with Crippen molar-refractivity contribution in [3.05, 3.63) is 88.1 Å². The molecule has 2 aromatic heterocycles. The number of fused-ring (bicyclic) bond motifs is 4. The van der Waals surface area contributed by atoms with Gasteiger partial charge in [0.25, 0.3) is 17.4 Å². The van der Waals surface area contributed by atoms with Gasteiger partial charge in [-0.15, -0.1) is 0 Å². The second-order valence-corrected chi connectivity index (χ2v) is 8.18. The van der Waals surface area contributed by atoms with Crippen LogP contribution in [0.3, 0.4) is 0 Å². The maximum absolute atomic E-state index is 13.3. The number of piperidine rings is 1. The molecular formula is C23H20FN5O3. The second-order valence-electron chi connectivity index (χ2n) is 8.18. The molecule has 4 heterocycles. The van der Waals surface area contributed by atoms with Crippen LogP contribution in [-0.2, 0) is 6.54 Å². The highest BCUT2D eigenvalue weighted by atomic mass is 19.1. The van der Waals surface area contributed by atoms with Crippen LogP contribution in [0.25, 0.3) is 0 Å². The molecule has 0 saturated carbocycles. The van der Waals surface area contributed by atoms with E-state index in [2.05, 4.69) is 15.3 Å². The molecule has 8 nitrogen and oxygen atoms in total. The van der Waals surface area contributed by atoms with E-state index in [1.54, 1.807) is 15.5 Å². The first-order valence-corrected chi connectivity index (χ1v) is 10.3. The molecule has 1 fully saturated rings. The van der Waals surface area contributed by atoms with Crippen LogP contribution in [0, 0.1) is 11.7 Å². The van der Waals surface area contributed by atoms with E-state index in [4.69, 9.17) is 0 Å². The fourth-order valence-electron chi connectivity index (χ4n) is 4.67. The van der Waals surface area contributed by atoms with E-state index in [0.29, 0.717) is 36.4 Å². The third kappa shape index (κ3) is 3.66. The zero-order valence-electron chi connectivity index (χ0n) is 17.1. The number of benzene rings is 1. The van der Waals surface area contributed by atoms with Crippen LogP contribution in [0.1, 0.15) is 38.7 Å². The van der Waals surface area contributed by atoms with E-state index >= 15 is 0 Å². The lowest BCUT2D eigenvalue weighted by Gasteiger charge is -2.43. The van der Waals surface area contributed by atoms with Crippen LogP contribution < -0.4 is 10.9 Å². The summed E-state index contributed by atoms with van der Waals surface area (Å²) in [5, 5.41) is 2.88. The summed E-state index contributed by atoms with van der Waals surface area (Å²) in [6, 6.07) is 8.56. The number of carbonyl (C=O) groups is 2. The Hall–Kier alpha value is -3.88. The van der Waals surface area contributed by atoms with Crippen molar-refractivity contribution in [2.24, 2.45) is 5.92 Å². The minimum atomic E-state index is -0.394. The Bertz CT molecular complexity index is 1240. The summed E-state index contributed by atoms with van der Waals surface area (Å²) in [6.07, 6.45) is 5.00. The molecule has 5 rings (SSSR count). The SMILES string of the molecule is O=C(Nc1ccc(=O)n2c1[C@@H]1C[C@@H](CN(C(=O)c3ccc(F)cc3)C1)C2)c1cncnc1. The van der Waals surface area contributed by atoms with Gasteiger partial charge in [0.1, 0.15) is 12.1 Å². The van der Waals surface area contributed by atoms with E-state index in [9.17, 15) is 18.8 Å². The van der Waals surface area contributed by atoms with Crippen LogP contribution in [-0.4, -0.2) is 44.3 Å². The number of nitrogens with one attached hydrogen (secondary N) is 1. The summed E-state index contributed by atoms with van der Waals surface area (Å²) >= 11 is 0. The topological polar surface area (TPSA) is 97.2 Å². The number of anilines is 1. The minimum absolute atomic E-state index is 0.108. The molecule has 0 radical (unpaired) electrons. The average molecular weight is 433 g/mol. The van der Waals surface area contributed by atoms with E-state index in [0.717, 1.165) is 12.1 Å². The molecule has 32 heavy (non-hydrogen) atoms. The molecule has 2 atom stereocenters. The standard InChI is InChI=1S/C23H20FN5O3/c24-18-3-1-15(2-4-18)23(32)28-10-14-7-16(12-28)21-19(5-6-20(30)29(21)11-14)27-22(31)17-8-25-13-26-9-17/h1-6,8-9,13-14,16H,7,10-12H2,(H,27,31)/t14-,16+/m0/s1. The van der Waals surface area contributed by atoms with Gasteiger partial charge in [0.2, 0.25) is 0 Å². The van der Waals surface area contributed by atoms with Gasteiger partial charge in [-0.3, -0.25) is 14.4 Å². The Morgan fingerprint density at radius 2 is 1.72 bits per heavy atom. The molecule has 3 aromatic rings. The molecule has 0 unspecified atom stereocenters. The highest BCUT2D eigenvalue weighted by Crippen LogP contribution is 2.39. The van der Waals surface area contributed by atoms with Gasteiger partial charge in [0.05, 0.1) is 11.3 Å². The van der Waals surface area contributed by atoms with Crippen molar-refractivity contribution in [2.45, 2.75) is 18.9 Å². The van der Waals surface area contributed by atoms with Gasteiger partial charge >= 0.3 is 0 Å². The number of halogens is 1. The Labute approximate surface area is 182 Å². The van der Waals surface area contributed by atoms with Gasteiger partial charge in [-0.25, -0.2) is 14.4 Å². The second kappa shape index (κ2) is 7.99. The lowest BCUT2D eigenvalue weighted by Crippen LogP contribution is -2.49. The van der Waals surface area contributed by atoms with Crippen LogP contribution in [0.2, 0.25) is 0 Å². The monoisotopic (exact) mass is 433 g/mol. The highest BCUT2D eigenvalue weighted by Gasteiger charge is 2.38. The lowest BCUT2D eigenvalue weighted by molar-refractivity contribution is 0.0595. The lowest BCUT2D eigenvalue weighted by atomic mass is 9.82. The van der Waals surface area contributed by atoms with E-state index in [1.165, 1.54) is 49.1 Å². The summed E-state index contributed by atoms with van der Waals surface area (Å²) in [6.45, 7) is 1.40. The normalized spacial score (nSPS) is 19.2. The smallest absolute Gasteiger partial charge is 0.258 e. The first kappa shape index (κ1) is 20.0. The largest absolute Gasteiger partial charge is 0.338 e. The number of amides is 2. The molecule has 9 heteroatoms. The third-order valence-corrected chi connectivity index (χ3v) is 6.04. The van der Waals surface area contributed by atoms with Crippen molar-refractivity contribution in [2.75, 3.05) is 18.4 Å². The number of nitrogens with zero attached hydrogens (tertiary/aromatic N) is 4. The molecule has 162 valence electrons. The number of hydrogen-bond donors (Lipinski definition) is 1. The quantitative estimate of drug-likeness (QED) is 0.684. The fourth-order valence-corrected chi connectivity index (χ4v) is 4.67. The first-order valence-electron chi connectivity index (χ1n) is 10.3. The number of likely N-dealkylation sites (tertiary alicyclic amines) is 1. The van der Waals surface area contributed by atoms with Gasteiger partial charge in [0.15, 0.2) is 0 Å². The van der Waals surface area contributed by atoms with Gasteiger partial charge in [-0.1, -0.05) is 0 Å². The Kier molecular flexibility index (Phi) is 5.01.